The number of thioether (sulfide) groups is 1. The largest absolute Gasteiger partial charge is 0.473 e. The van der Waals surface area contributed by atoms with Crippen molar-refractivity contribution in [3.8, 4) is 5.88 Å². The smallest absolute Gasteiger partial charge is 0.219 e. The zero-order chi connectivity index (χ0) is 12.1. The molecule has 17 heavy (non-hydrogen) atoms. The lowest BCUT2D eigenvalue weighted by Gasteiger charge is -2.06. The first-order valence-corrected chi connectivity index (χ1v) is 6.63. The maximum atomic E-state index is 5.87. The van der Waals surface area contributed by atoms with E-state index >= 15 is 0 Å². The molecule has 0 amide bonds. The normalized spacial score (nSPS) is 10.2. The molecule has 1 aromatic carbocycles. The zero-order valence-electron chi connectivity index (χ0n) is 9.26. The van der Waals surface area contributed by atoms with E-state index in [-0.39, 0.29) is 0 Å². The van der Waals surface area contributed by atoms with Gasteiger partial charge in [0, 0.05) is 6.07 Å². The molecule has 88 valence electrons. The van der Waals surface area contributed by atoms with E-state index in [1.807, 2.05) is 36.6 Å². The van der Waals surface area contributed by atoms with Gasteiger partial charge in [-0.3, -0.25) is 0 Å². The molecule has 0 fully saturated rings. The lowest BCUT2D eigenvalue weighted by molar-refractivity contribution is 0.290. The number of halogens is 1. The third kappa shape index (κ3) is 3.61. The molecular formula is C12H11ClN2OS. The first-order chi connectivity index (χ1) is 8.28. The SMILES string of the molecule is CSc1nc(Cl)cc(OCc2ccccc2)n1. The van der Waals surface area contributed by atoms with E-state index in [1.54, 1.807) is 6.07 Å². The Morgan fingerprint density at radius 1 is 1.24 bits per heavy atom. The van der Waals surface area contributed by atoms with Crippen molar-refractivity contribution in [2.75, 3.05) is 6.26 Å². The molecule has 0 N–H and O–H groups in total. The average Bonchev–Trinajstić information content (AvgIpc) is 2.37. The van der Waals surface area contributed by atoms with Gasteiger partial charge in [0.15, 0.2) is 5.16 Å². The van der Waals surface area contributed by atoms with Crippen LogP contribution in [-0.2, 0) is 6.61 Å². The third-order valence-electron chi connectivity index (χ3n) is 2.06. The Balaban J connectivity index is 2.06. The Hall–Kier alpha value is -1.26. The van der Waals surface area contributed by atoms with Gasteiger partial charge >= 0.3 is 0 Å². The highest BCUT2D eigenvalue weighted by Crippen LogP contribution is 2.19. The van der Waals surface area contributed by atoms with Crippen LogP contribution in [0.15, 0.2) is 41.6 Å². The second-order valence-electron chi connectivity index (χ2n) is 3.29. The molecule has 3 nitrogen and oxygen atoms in total. The fraction of sp³-hybridized carbons (Fsp3) is 0.167. The van der Waals surface area contributed by atoms with E-state index in [0.29, 0.717) is 22.8 Å². The summed E-state index contributed by atoms with van der Waals surface area (Å²) < 4.78 is 5.57. The van der Waals surface area contributed by atoms with Crippen molar-refractivity contribution in [3.63, 3.8) is 0 Å². The highest BCUT2D eigenvalue weighted by molar-refractivity contribution is 7.98. The maximum Gasteiger partial charge on any atom is 0.219 e. The number of hydrogen-bond donors (Lipinski definition) is 0. The van der Waals surface area contributed by atoms with E-state index in [9.17, 15) is 0 Å². The number of ether oxygens (including phenoxy) is 1. The molecule has 0 aliphatic carbocycles. The summed E-state index contributed by atoms with van der Waals surface area (Å²) >= 11 is 7.30. The fourth-order valence-electron chi connectivity index (χ4n) is 1.27. The van der Waals surface area contributed by atoms with Gasteiger partial charge < -0.3 is 4.74 Å². The molecule has 0 atom stereocenters. The first-order valence-electron chi connectivity index (χ1n) is 5.03. The number of nitrogens with zero attached hydrogens (tertiary/aromatic N) is 2. The van der Waals surface area contributed by atoms with Crippen molar-refractivity contribution in [1.29, 1.82) is 0 Å². The van der Waals surface area contributed by atoms with Gasteiger partial charge in [-0.25, -0.2) is 4.98 Å². The van der Waals surface area contributed by atoms with Crippen LogP contribution in [0, 0.1) is 0 Å². The quantitative estimate of drug-likeness (QED) is 0.482. The predicted octanol–water partition coefficient (Wildman–Crippen LogP) is 3.43. The highest BCUT2D eigenvalue weighted by Gasteiger charge is 2.03. The molecule has 0 aliphatic heterocycles. The topological polar surface area (TPSA) is 35.0 Å². The Morgan fingerprint density at radius 2 is 2.00 bits per heavy atom. The van der Waals surface area contributed by atoms with Crippen LogP contribution in [0.4, 0.5) is 0 Å². The number of hydrogen-bond acceptors (Lipinski definition) is 4. The maximum absolute atomic E-state index is 5.87. The molecule has 2 aromatic rings. The Kier molecular flexibility index (Phi) is 4.23. The van der Waals surface area contributed by atoms with E-state index < -0.39 is 0 Å². The molecule has 2 rings (SSSR count). The zero-order valence-corrected chi connectivity index (χ0v) is 10.8. The van der Waals surface area contributed by atoms with Crippen LogP contribution in [0.2, 0.25) is 5.15 Å². The van der Waals surface area contributed by atoms with E-state index in [4.69, 9.17) is 16.3 Å². The van der Waals surface area contributed by atoms with Crippen LogP contribution < -0.4 is 4.74 Å². The molecule has 0 aliphatic rings. The summed E-state index contributed by atoms with van der Waals surface area (Å²) in [6.07, 6.45) is 1.90. The molecule has 0 radical (unpaired) electrons. The summed E-state index contributed by atoms with van der Waals surface area (Å²) in [6, 6.07) is 11.5. The summed E-state index contributed by atoms with van der Waals surface area (Å²) in [4.78, 5) is 8.26. The molecule has 0 bridgehead atoms. The standard InChI is InChI=1S/C12H11ClN2OS/c1-17-12-14-10(13)7-11(15-12)16-8-9-5-3-2-4-6-9/h2-7H,8H2,1H3. The fourth-order valence-corrected chi connectivity index (χ4v) is 1.87. The van der Waals surface area contributed by atoms with E-state index in [2.05, 4.69) is 9.97 Å². The Bertz CT molecular complexity index is 493. The van der Waals surface area contributed by atoms with Gasteiger partial charge in [-0.05, 0) is 11.8 Å². The van der Waals surface area contributed by atoms with Gasteiger partial charge in [-0.1, -0.05) is 53.7 Å². The van der Waals surface area contributed by atoms with Crippen molar-refractivity contribution < 1.29 is 4.74 Å². The van der Waals surface area contributed by atoms with Gasteiger partial charge in [0.25, 0.3) is 0 Å². The minimum atomic E-state index is 0.396. The van der Waals surface area contributed by atoms with E-state index in [1.165, 1.54) is 11.8 Å². The second kappa shape index (κ2) is 5.89. The van der Waals surface area contributed by atoms with Crippen molar-refractivity contribution in [2.24, 2.45) is 0 Å². The number of rotatable bonds is 4. The van der Waals surface area contributed by atoms with Crippen molar-refractivity contribution in [1.82, 2.24) is 9.97 Å². The minimum absolute atomic E-state index is 0.396. The average molecular weight is 267 g/mol. The number of benzene rings is 1. The third-order valence-corrected chi connectivity index (χ3v) is 2.80. The molecule has 1 heterocycles. The Morgan fingerprint density at radius 3 is 2.71 bits per heavy atom. The number of aromatic nitrogens is 2. The van der Waals surface area contributed by atoms with E-state index in [0.717, 1.165) is 5.56 Å². The summed E-state index contributed by atoms with van der Waals surface area (Å²) in [5, 5.41) is 1.01. The van der Waals surface area contributed by atoms with Crippen LogP contribution in [0.5, 0.6) is 5.88 Å². The summed E-state index contributed by atoms with van der Waals surface area (Å²) in [5.74, 6) is 0.498. The van der Waals surface area contributed by atoms with Crippen LogP contribution in [0.25, 0.3) is 0 Å². The molecule has 0 saturated heterocycles. The van der Waals surface area contributed by atoms with Crippen molar-refractivity contribution >= 4 is 23.4 Å². The second-order valence-corrected chi connectivity index (χ2v) is 4.45. The molecule has 0 saturated carbocycles. The van der Waals surface area contributed by atoms with Gasteiger partial charge in [-0.2, -0.15) is 4.98 Å². The Labute approximate surface area is 109 Å². The molecule has 5 heteroatoms. The molecule has 0 spiro atoms. The lowest BCUT2D eigenvalue weighted by Crippen LogP contribution is -1.98. The summed E-state index contributed by atoms with van der Waals surface area (Å²) in [5.41, 5.74) is 1.09. The molecule has 0 unspecified atom stereocenters. The predicted molar refractivity (Wildman–Crippen MR) is 69.6 cm³/mol. The van der Waals surface area contributed by atoms with Crippen LogP contribution in [-0.4, -0.2) is 16.2 Å². The van der Waals surface area contributed by atoms with Crippen LogP contribution >= 0.6 is 23.4 Å². The molecule has 1 aromatic heterocycles. The monoisotopic (exact) mass is 266 g/mol. The van der Waals surface area contributed by atoms with Gasteiger partial charge in [-0.15, -0.1) is 0 Å². The lowest BCUT2D eigenvalue weighted by atomic mass is 10.2. The highest BCUT2D eigenvalue weighted by atomic mass is 35.5. The van der Waals surface area contributed by atoms with Gasteiger partial charge in [0.05, 0.1) is 0 Å². The molecular weight excluding hydrogens is 256 g/mol. The minimum Gasteiger partial charge on any atom is -0.473 e. The summed E-state index contributed by atoms with van der Waals surface area (Å²) in [6.45, 7) is 0.474. The first kappa shape index (κ1) is 12.2. The summed E-state index contributed by atoms with van der Waals surface area (Å²) in [7, 11) is 0. The van der Waals surface area contributed by atoms with Crippen molar-refractivity contribution in [3.05, 3.63) is 47.1 Å². The van der Waals surface area contributed by atoms with Crippen LogP contribution in [0.1, 0.15) is 5.56 Å². The van der Waals surface area contributed by atoms with Gasteiger partial charge in [0.1, 0.15) is 11.8 Å². The van der Waals surface area contributed by atoms with Crippen molar-refractivity contribution in [2.45, 2.75) is 11.8 Å². The van der Waals surface area contributed by atoms with Crippen LogP contribution in [0.3, 0.4) is 0 Å². The van der Waals surface area contributed by atoms with Gasteiger partial charge in [0.2, 0.25) is 5.88 Å².